The first kappa shape index (κ1) is 14.8. The van der Waals surface area contributed by atoms with E-state index in [2.05, 4.69) is 12.2 Å². The Kier molecular flexibility index (Phi) is 5.68. The fraction of sp³-hybridized carbons (Fsp3) is 0.938. The number of hydrogen-bond donors (Lipinski definition) is 1. The van der Waals surface area contributed by atoms with Crippen molar-refractivity contribution < 1.29 is 4.79 Å². The van der Waals surface area contributed by atoms with Crippen molar-refractivity contribution in [3.63, 3.8) is 0 Å². The Bertz CT molecular complexity index is 278. The maximum Gasteiger partial charge on any atom is 0.236 e. The van der Waals surface area contributed by atoms with Gasteiger partial charge in [0.05, 0.1) is 6.54 Å². The molecule has 110 valence electrons. The van der Waals surface area contributed by atoms with E-state index in [1.165, 1.54) is 57.8 Å². The average molecular weight is 266 g/mol. The minimum absolute atomic E-state index is 0.284. The summed E-state index contributed by atoms with van der Waals surface area (Å²) < 4.78 is 0. The lowest BCUT2D eigenvalue weighted by Crippen LogP contribution is -2.45. The third-order valence-corrected chi connectivity index (χ3v) is 5.23. The van der Waals surface area contributed by atoms with Crippen LogP contribution in [0.25, 0.3) is 0 Å². The minimum Gasteiger partial charge on any atom is -0.342 e. The van der Waals surface area contributed by atoms with Crippen LogP contribution in [0.4, 0.5) is 0 Å². The number of nitrogens with zero attached hydrogens (tertiary/aromatic N) is 1. The van der Waals surface area contributed by atoms with Gasteiger partial charge in [-0.15, -0.1) is 0 Å². The second-order valence-electron chi connectivity index (χ2n) is 6.45. The Morgan fingerprint density at radius 1 is 1.11 bits per heavy atom. The Morgan fingerprint density at radius 3 is 2.32 bits per heavy atom. The molecule has 0 unspecified atom stereocenters. The molecule has 1 amide bonds. The molecule has 0 aromatic rings. The van der Waals surface area contributed by atoms with Crippen LogP contribution in [0.15, 0.2) is 0 Å². The molecule has 0 aliphatic heterocycles. The van der Waals surface area contributed by atoms with Gasteiger partial charge in [-0.05, 0) is 44.4 Å². The van der Waals surface area contributed by atoms with Crippen LogP contribution < -0.4 is 5.32 Å². The van der Waals surface area contributed by atoms with Crippen molar-refractivity contribution in [2.45, 2.75) is 76.8 Å². The second-order valence-corrected chi connectivity index (χ2v) is 6.45. The lowest BCUT2D eigenvalue weighted by atomic mass is 9.84. The molecule has 2 rings (SSSR count). The lowest BCUT2D eigenvalue weighted by Gasteiger charge is -2.34. The molecule has 0 bridgehead atoms. The summed E-state index contributed by atoms with van der Waals surface area (Å²) in [6, 6.07) is 1.08. The molecular weight excluding hydrogens is 236 g/mol. The number of hydrogen-bond acceptors (Lipinski definition) is 2. The van der Waals surface area contributed by atoms with Crippen LogP contribution in [0.2, 0.25) is 0 Å². The molecule has 0 spiro atoms. The molecule has 2 aliphatic rings. The molecule has 2 saturated carbocycles. The van der Waals surface area contributed by atoms with Gasteiger partial charge in [-0.2, -0.15) is 0 Å². The highest BCUT2D eigenvalue weighted by Gasteiger charge is 2.26. The fourth-order valence-corrected chi connectivity index (χ4v) is 3.63. The van der Waals surface area contributed by atoms with Crippen LogP contribution in [-0.2, 0) is 4.79 Å². The molecule has 2 fully saturated rings. The van der Waals surface area contributed by atoms with Crippen molar-refractivity contribution in [1.29, 1.82) is 0 Å². The summed E-state index contributed by atoms with van der Waals surface area (Å²) >= 11 is 0. The van der Waals surface area contributed by atoms with Gasteiger partial charge in [0.2, 0.25) is 5.91 Å². The number of carbonyl (C=O) groups excluding carboxylic acids is 1. The fourth-order valence-electron chi connectivity index (χ4n) is 3.63. The van der Waals surface area contributed by atoms with Gasteiger partial charge in [-0.3, -0.25) is 4.79 Å². The van der Waals surface area contributed by atoms with Gasteiger partial charge in [0.25, 0.3) is 0 Å². The van der Waals surface area contributed by atoms with Crippen LogP contribution in [0.3, 0.4) is 0 Å². The first-order valence-corrected chi connectivity index (χ1v) is 8.19. The van der Waals surface area contributed by atoms with E-state index in [9.17, 15) is 4.79 Å². The molecule has 0 radical (unpaired) electrons. The van der Waals surface area contributed by atoms with Gasteiger partial charge in [0, 0.05) is 19.1 Å². The van der Waals surface area contributed by atoms with E-state index in [4.69, 9.17) is 0 Å². The zero-order chi connectivity index (χ0) is 13.7. The minimum atomic E-state index is 0.284. The van der Waals surface area contributed by atoms with Crippen molar-refractivity contribution in [2.24, 2.45) is 5.92 Å². The van der Waals surface area contributed by atoms with Gasteiger partial charge in [0.15, 0.2) is 0 Å². The molecule has 1 N–H and O–H groups in total. The summed E-state index contributed by atoms with van der Waals surface area (Å²) in [5, 5.41) is 3.43. The molecule has 19 heavy (non-hydrogen) atoms. The summed E-state index contributed by atoms with van der Waals surface area (Å²) in [6.07, 6.45) is 11.4. The van der Waals surface area contributed by atoms with E-state index in [1.54, 1.807) is 0 Å². The first-order valence-electron chi connectivity index (χ1n) is 8.19. The highest BCUT2D eigenvalue weighted by molar-refractivity contribution is 5.78. The monoisotopic (exact) mass is 266 g/mol. The second kappa shape index (κ2) is 7.28. The molecule has 3 heteroatoms. The van der Waals surface area contributed by atoms with Crippen molar-refractivity contribution in [1.82, 2.24) is 10.2 Å². The molecule has 3 nitrogen and oxygen atoms in total. The van der Waals surface area contributed by atoms with E-state index < -0.39 is 0 Å². The van der Waals surface area contributed by atoms with E-state index >= 15 is 0 Å². The molecular formula is C16H30N2O. The maximum atomic E-state index is 12.2. The third kappa shape index (κ3) is 4.20. The number of likely N-dealkylation sites (N-methyl/N-ethyl adjacent to an activating group) is 1. The van der Waals surface area contributed by atoms with Crippen LogP contribution in [-0.4, -0.2) is 36.5 Å². The Hall–Kier alpha value is -0.570. The Morgan fingerprint density at radius 2 is 1.74 bits per heavy atom. The summed E-state index contributed by atoms with van der Waals surface area (Å²) in [4.78, 5) is 14.2. The number of rotatable bonds is 5. The molecule has 0 aromatic carbocycles. The Labute approximate surface area is 118 Å². The largest absolute Gasteiger partial charge is 0.342 e. The number of carbonyl (C=O) groups is 1. The van der Waals surface area contributed by atoms with E-state index in [0.29, 0.717) is 18.6 Å². The van der Waals surface area contributed by atoms with Crippen molar-refractivity contribution in [3.05, 3.63) is 0 Å². The normalized spacial score (nSPS) is 28.5. The molecule has 0 saturated heterocycles. The van der Waals surface area contributed by atoms with E-state index in [0.717, 1.165) is 5.92 Å². The van der Waals surface area contributed by atoms with E-state index in [1.807, 2.05) is 11.9 Å². The lowest BCUT2D eigenvalue weighted by molar-refractivity contribution is -0.131. The Balaban J connectivity index is 1.69. The summed E-state index contributed by atoms with van der Waals surface area (Å²) in [5.41, 5.74) is 0. The molecule has 0 heterocycles. The zero-order valence-corrected chi connectivity index (χ0v) is 12.7. The first-order chi connectivity index (χ1) is 9.20. The van der Waals surface area contributed by atoms with Crippen molar-refractivity contribution in [3.8, 4) is 0 Å². The molecule has 0 aromatic heterocycles. The summed E-state index contributed by atoms with van der Waals surface area (Å²) in [7, 11) is 2.00. The van der Waals surface area contributed by atoms with Gasteiger partial charge in [0.1, 0.15) is 0 Å². The summed E-state index contributed by atoms with van der Waals surface area (Å²) in [6.45, 7) is 2.82. The van der Waals surface area contributed by atoms with E-state index in [-0.39, 0.29) is 5.91 Å². The van der Waals surface area contributed by atoms with Crippen molar-refractivity contribution in [2.75, 3.05) is 13.6 Å². The van der Waals surface area contributed by atoms with Gasteiger partial charge in [-0.25, -0.2) is 0 Å². The third-order valence-electron chi connectivity index (χ3n) is 5.23. The van der Waals surface area contributed by atoms with Gasteiger partial charge >= 0.3 is 0 Å². The highest BCUT2D eigenvalue weighted by Crippen LogP contribution is 2.28. The topological polar surface area (TPSA) is 32.3 Å². The predicted octanol–water partition coefficient (Wildman–Crippen LogP) is 2.95. The van der Waals surface area contributed by atoms with Crippen molar-refractivity contribution >= 4 is 5.91 Å². The van der Waals surface area contributed by atoms with Crippen LogP contribution in [0.5, 0.6) is 0 Å². The summed E-state index contributed by atoms with van der Waals surface area (Å²) in [5.74, 6) is 1.18. The maximum absolute atomic E-state index is 12.2. The average Bonchev–Trinajstić information content (AvgIpc) is 2.97. The predicted molar refractivity (Wildman–Crippen MR) is 79.1 cm³/mol. The standard InChI is InChI=1S/C16H30N2O/c1-3-13-8-10-15(11-9-13)18(2)16(19)12-17-14-6-4-5-7-14/h13-15,17H,3-12H2,1-2H3. The zero-order valence-electron chi connectivity index (χ0n) is 12.7. The molecule has 2 aliphatic carbocycles. The molecule has 0 atom stereocenters. The van der Waals surface area contributed by atoms with Gasteiger partial charge < -0.3 is 10.2 Å². The van der Waals surface area contributed by atoms with Crippen LogP contribution >= 0.6 is 0 Å². The quantitative estimate of drug-likeness (QED) is 0.830. The smallest absolute Gasteiger partial charge is 0.236 e. The van der Waals surface area contributed by atoms with Gasteiger partial charge in [-0.1, -0.05) is 26.2 Å². The SMILES string of the molecule is CCC1CCC(N(C)C(=O)CNC2CCCC2)CC1. The van der Waals surface area contributed by atoms with Crippen LogP contribution in [0.1, 0.15) is 64.7 Å². The number of nitrogens with one attached hydrogen (secondary N) is 1. The van der Waals surface area contributed by atoms with Crippen LogP contribution in [0, 0.1) is 5.92 Å². The highest BCUT2D eigenvalue weighted by atomic mass is 16.2. The number of amides is 1.